The highest BCUT2D eigenvalue weighted by molar-refractivity contribution is 14.0. The summed E-state index contributed by atoms with van der Waals surface area (Å²) in [7, 11) is 1.67. The summed E-state index contributed by atoms with van der Waals surface area (Å²) >= 11 is 0. The molecule has 5 nitrogen and oxygen atoms in total. The monoisotopic (exact) mass is 536 g/mol. The van der Waals surface area contributed by atoms with Gasteiger partial charge in [-0.3, -0.25) is 4.99 Å². The Morgan fingerprint density at radius 2 is 1.93 bits per heavy atom. The highest BCUT2D eigenvalue weighted by Gasteiger charge is 2.45. The molecule has 1 saturated carbocycles. The Kier molecular flexibility index (Phi) is 8.18. The van der Waals surface area contributed by atoms with E-state index in [9.17, 15) is 13.2 Å². The predicted molar refractivity (Wildman–Crippen MR) is 121 cm³/mol. The van der Waals surface area contributed by atoms with Crippen molar-refractivity contribution >= 4 is 29.9 Å². The Bertz CT molecular complexity index is 854. The Morgan fingerprint density at radius 3 is 2.50 bits per heavy atom. The first-order valence-corrected chi connectivity index (χ1v) is 9.91. The van der Waals surface area contributed by atoms with Gasteiger partial charge in [0.1, 0.15) is 5.76 Å². The smallest absolute Gasteiger partial charge is 0.361 e. The van der Waals surface area contributed by atoms with Crippen LogP contribution in [0.5, 0.6) is 0 Å². The fraction of sp³-hybridized carbons (Fsp3) is 0.524. The predicted octanol–water partition coefficient (Wildman–Crippen LogP) is 4.83. The molecular formula is C21H28F3IN4O. The molecule has 2 aromatic rings. The van der Waals surface area contributed by atoms with Gasteiger partial charge in [-0.1, -0.05) is 37.2 Å². The van der Waals surface area contributed by atoms with Gasteiger partial charge in [0.15, 0.2) is 5.96 Å². The standard InChI is InChI=1S/C21H27F3N4O.HI/c1-4-17-16(18(5-2)29-28-17)12-26-19(25-3)27-13-20(9-10-20)14-7-6-8-15(11-14)21(22,23)24;/h6-8,11H,4-5,9-10,12-13H2,1-3H3,(H2,25,26,27);1H. The van der Waals surface area contributed by atoms with E-state index in [0.29, 0.717) is 19.0 Å². The van der Waals surface area contributed by atoms with Crippen LogP contribution in [0.4, 0.5) is 13.2 Å². The third-order valence-electron chi connectivity index (χ3n) is 5.51. The zero-order chi connectivity index (χ0) is 21.1. The SMILES string of the molecule is CCc1noc(CC)c1CNC(=NC)NCC1(c2cccc(C(F)(F)F)c2)CC1.I. The van der Waals surface area contributed by atoms with E-state index in [4.69, 9.17) is 4.52 Å². The third-order valence-corrected chi connectivity index (χ3v) is 5.51. The summed E-state index contributed by atoms with van der Waals surface area (Å²) < 4.78 is 44.5. The van der Waals surface area contributed by atoms with Gasteiger partial charge in [-0.15, -0.1) is 24.0 Å². The van der Waals surface area contributed by atoms with Crippen LogP contribution >= 0.6 is 24.0 Å². The first kappa shape index (κ1) is 24.5. The minimum Gasteiger partial charge on any atom is -0.361 e. The van der Waals surface area contributed by atoms with Gasteiger partial charge in [0.25, 0.3) is 0 Å². The average Bonchev–Trinajstić information content (AvgIpc) is 3.40. The summed E-state index contributed by atoms with van der Waals surface area (Å²) in [6, 6.07) is 5.64. The van der Waals surface area contributed by atoms with Crippen LogP contribution in [0.2, 0.25) is 0 Å². The van der Waals surface area contributed by atoms with E-state index in [1.165, 1.54) is 12.1 Å². The van der Waals surface area contributed by atoms with Crippen molar-refractivity contribution in [3.05, 3.63) is 52.4 Å². The van der Waals surface area contributed by atoms with Crippen molar-refractivity contribution < 1.29 is 17.7 Å². The highest BCUT2D eigenvalue weighted by atomic mass is 127. The second kappa shape index (κ2) is 10.0. The van der Waals surface area contributed by atoms with Crippen LogP contribution < -0.4 is 10.6 Å². The van der Waals surface area contributed by atoms with Crippen molar-refractivity contribution in [2.75, 3.05) is 13.6 Å². The molecule has 1 aliphatic carbocycles. The minimum atomic E-state index is -4.33. The van der Waals surface area contributed by atoms with Gasteiger partial charge >= 0.3 is 6.18 Å². The number of nitrogens with one attached hydrogen (secondary N) is 2. The molecule has 0 bridgehead atoms. The van der Waals surface area contributed by atoms with E-state index >= 15 is 0 Å². The van der Waals surface area contributed by atoms with E-state index in [1.54, 1.807) is 13.1 Å². The molecule has 0 aliphatic heterocycles. The lowest BCUT2D eigenvalue weighted by Gasteiger charge is -2.20. The number of nitrogens with zero attached hydrogens (tertiary/aromatic N) is 2. The zero-order valence-electron chi connectivity index (χ0n) is 17.4. The Labute approximate surface area is 191 Å². The van der Waals surface area contributed by atoms with E-state index in [1.807, 2.05) is 13.8 Å². The topological polar surface area (TPSA) is 62.5 Å². The quantitative estimate of drug-likeness (QED) is 0.302. The molecule has 1 aliphatic rings. The lowest BCUT2D eigenvalue weighted by molar-refractivity contribution is -0.137. The summed E-state index contributed by atoms with van der Waals surface area (Å²) in [4.78, 5) is 4.24. The number of halogens is 4. The Morgan fingerprint density at radius 1 is 1.20 bits per heavy atom. The number of hydrogen-bond donors (Lipinski definition) is 2. The fourth-order valence-corrected chi connectivity index (χ4v) is 3.53. The van der Waals surface area contributed by atoms with Crippen LogP contribution in [0.1, 0.15) is 54.8 Å². The first-order chi connectivity index (χ1) is 13.8. The van der Waals surface area contributed by atoms with Gasteiger partial charge < -0.3 is 15.2 Å². The first-order valence-electron chi connectivity index (χ1n) is 9.91. The van der Waals surface area contributed by atoms with Crippen LogP contribution in [-0.4, -0.2) is 24.7 Å². The van der Waals surface area contributed by atoms with Crippen molar-refractivity contribution in [1.82, 2.24) is 15.8 Å². The van der Waals surface area contributed by atoms with E-state index < -0.39 is 11.7 Å². The minimum absolute atomic E-state index is 0. The van der Waals surface area contributed by atoms with E-state index in [-0.39, 0.29) is 29.4 Å². The molecule has 0 amide bonds. The van der Waals surface area contributed by atoms with Gasteiger partial charge in [0, 0.05) is 37.5 Å². The number of alkyl halides is 3. The molecule has 0 saturated heterocycles. The van der Waals surface area contributed by atoms with Crippen LogP contribution in [0.25, 0.3) is 0 Å². The third kappa shape index (κ3) is 5.47. The molecule has 1 aromatic heterocycles. The van der Waals surface area contributed by atoms with Crippen LogP contribution in [0, 0.1) is 0 Å². The van der Waals surface area contributed by atoms with Gasteiger partial charge in [-0.25, -0.2) is 0 Å². The van der Waals surface area contributed by atoms with Gasteiger partial charge in [-0.05, 0) is 30.9 Å². The molecule has 1 aromatic carbocycles. The van der Waals surface area contributed by atoms with Crippen molar-refractivity contribution in [3.8, 4) is 0 Å². The van der Waals surface area contributed by atoms with Crippen molar-refractivity contribution in [2.24, 2.45) is 4.99 Å². The molecule has 0 unspecified atom stereocenters. The maximum absolute atomic E-state index is 13.0. The van der Waals surface area contributed by atoms with E-state index in [0.717, 1.165) is 54.3 Å². The summed E-state index contributed by atoms with van der Waals surface area (Å²) in [5.41, 5.74) is 1.80. The normalized spacial score (nSPS) is 15.5. The fourth-order valence-electron chi connectivity index (χ4n) is 3.53. The molecule has 9 heteroatoms. The lowest BCUT2D eigenvalue weighted by Crippen LogP contribution is -2.41. The van der Waals surface area contributed by atoms with Gasteiger partial charge in [0.05, 0.1) is 11.3 Å². The second-order valence-electron chi connectivity index (χ2n) is 7.38. The lowest BCUT2D eigenvalue weighted by atomic mass is 9.94. The van der Waals surface area contributed by atoms with Crippen LogP contribution in [0.15, 0.2) is 33.8 Å². The van der Waals surface area contributed by atoms with Gasteiger partial charge in [0.2, 0.25) is 0 Å². The largest absolute Gasteiger partial charge is 0.416 e. The summed E-state index contributed by atoms with van der Waals surface area (Å²) in [6.07, 6.45) is -1.09. The molecule has 166 valence electrons. The van der Waals surface area contributed by atoms with Crippen molar-refractivity contribution in [1.29, 1.82) is 0 Å². The van der Waals surface area contributed by atoms with Crippen LogP contribution in [-0.2, 0) is 31.0 Å². The number of hydrogen-bond acceptors (Lipinski definition) is 3. The van der Waals surface area contributed by atoms with Crippen molar-refractivity contribution in [3.63, 3.8) is 0 Å². The number of guanidine groups is 1. The second-order valence-corrected chi connectivity index (χ2v) is 7.38. The summed E-state index contributed by atoms with van der Waals surface area (Å²) in [5, 5.41) is 10.6. The maximum atomic E-state index is 13.0. The molecule has 1 heterocycles. The van der Waals surface area contributed by atoms with Crippen molar-refractivity contribution in [2.45, 2.75) is 57.7 Å². The number of aromatic nitrogens is 1. The maximum Gasteiger partial charge on any atom is 0.416 e. The van der Waals surface area contributed by atoms with Crippen LogP contribution in [0.3, 0.4) is 0 Å². The Balaban J connectivity index is 0.00000320. The summed E-state index contributed by atoms with van der Waals surface area (Å²) in [6.45, 7) is 5.10. The number of rotatable bonds is 7. The molecule has 3 rings (SSSR count). The Hall–Kier alpha value is -1.78. The summed E-state index contributed by atoms with van der Waals surface area (Å²) in [5.74, 6) is 1.46. The highest BCUT2D eigenvalue weighted by Crippen LogP contribution is 2.48. The average molecular weight is 536 g/mol. The number of aryl methyl sites for hydroxylation is 2. The molecular weight excluding hydrogens is 508 g/mol. The molecule has 0 atom stereocenters. The van der Waals surface area contributed by atoms with Gasteiger partial charge in [-0.2, -0.15) is 13.2 Å². The molecule has 1 fully saturated rings. The number of aliphatic imine (C=N–C) groups is 1. The van der Waals surface area contributed by atoms with E-state index in [2.05, 4.69) is 20.8 Å². The molecule has 0 radical (unpaired) electrons. The molecule has 2 N–H and O–H groups in total. The number of benzene rings is 1. The molecule has 30 heavy (non-hydrogen) atoms. The molecule has 0 spiro atoms. The zero-order valence-corrected chi connectivity index (χ0v) is 19.7.